The van der Waals surface area contributed by atoms with Gasteiger partial charge in [0.1, 0.15) is 5.82 Å². The van der Waals surface area contributed by atoms with Gasteiger partial charge >= 0.3 is 0 Å². The molecular formula is C14H18N4O2. The number of hydrogen-bond acceptors (Lipinski definition) is 4. The van der Waals surface area contributed by atoms with Gasteiger partial charge in [0.15, 0.2) is 5.82 Å². The zero-order valence-electron chi connectivity index (χ0n) is 11.6. The van der Waals surface area contributed by atoms with Gasteiger partial charge in [0, 0.05) is 17.7 Å². The zero-order chi connectivity index (χ0) is 14.5. The zero-order valence-corrected chi connectivity index (χ0v) is 11.6. The van der Waals surface area contributed by atoms with Crippen LogP contribution in [0.1, 0.15) is 29.5 Å². The summed E-state index contributed by atoms with van der Waals surface area (Å²) in [7, 11) is 0. The molecule has 6 heteroatoms. The van der Waals surface area contributed by atoms with Gasteiger partial charge in [0.25, 0.3) is 5.91 Å². The molecule has 2 rings (SSSR count). The first kappa shape index (κ1) is 14.2. The summed E-state index contributed by atoms with van der Waals surface area (Å²) in [5.74, 6) is 1.13. The van der Waals surface area contributed by atoms with E-state index in [9.17, 15) is 4.79 Å². The van der Waals surface area contributed by atoms with Gasteiger partial charge in [-0.3, -0.25) is 9.89 Å². The summed E-state index contributed by atoms with van der Waals surface area (Å²) in [6.07, 6.45) is 0.115. The van der Waals surface area contributed by atoms with Crippen LogP contribution in [0.5, 0.6) is 0 Å². The highest BCUT2D eigenvalue weighted by Gasteiger charge is 2.09. The second-order valence-corrected chi connectivity index (χ2v) is 4.72. The van der Waals surface area contributed by atoms with Gasteiger partial charge in [-0.25, -0.2) is 4.98 Å². The van der Waals surface area contributed by atoms with Crippen molar-refractivity contribution >= 4 is 5.91 Å². The first-order valence-electron chi connectivity index (χ1n) is 6.52. The van der Waals surface area contributed by atoms with E-state index in [0.29, 0.717) is 24.4 Å². The number of hydrogen-bond donors (Lipinski definition) is 3. The largest absolute Gasteiger partial charge is 0.393 e. The lowest BCUT2D eigenvalue weighted by Crippen LogP contribution is -2.26. The van der Waals surface area contributed by atoms with Gasteiger partial charge in [0.2, 0.25) is 0 Å². The average molecular weight is 274 g/mol. The molecule has 0 aliphatic rings. The van der Waals surface area contributed by atoms with Gasteiger partial charge < -0.3 is 10.4 Å². The molecule has 0 aliphatic heterocycles. The number of carbonyl (C=O) groups excluding carboxylic acids is 1. The lowest BCUT2D eigenvalue weighted by atomic mass is 10.1. The fourth-order valence-corrected chi connectivity index (χ4v) is 1.77. The Kier molecular flexibility index (Phi) is 4.47. The first-order valence-corrected chi connectivity index (χ1v) is 6.52. The Labute approximate surface area is 117 Å². The molecule has 1 amide bonds. The molecule has 1 heterocycles. The molecule has 0 aliphatic carbocycles. The van der Waals surface area contributed by atoms with Crippen molar-refractivity contribution < 1.29 is 9.90 Å². The van der Waals surface area contributed by atoms with Crippen molar-refractivity contribution in [3.05, 3.63) is 35.7 Å². The Morgan fingerprint density at radius 1 is 1.50 bits per heavy atom. The second kappa shape index (κ2) is 6.29. The molecule has 0 bridgehead atoms. The number of amides is 1. The molecule has 20 heavy (non-hydrogen) atoms. The number of nitrogens with one attached hydrogen (secondary N) is 2. The van der Waals surface area contributed by atoms with Crippen LogP contribution in [0.3, 0.4) is 0 Å². The Balaban J connectivity index is 2.07. The Bertz CT molecular complexity index is 592. The van der Waals surface area contributed by atoms with Crippen molar-refractivity contribution in [2.24, 2.45) is 0 Å². The summed E-state index contributed by atoms with van der Waals surface area (Å²) in [6, 6.07) is 7.14. The minimum absolute atomic E-state index is 0.167. The van der Waals surface area contributed by atoms with E-state index in [4.69, 9.17) is 5.11 Å². The molecule has 0 spiro atoms. The van der Waals surface area contributed by atoms with Gasteiger partial charge in [0.05, 0.1) is 6.10 Å². The number of rotatable bonds is 5. The summed E-state index contributed by atoms with van der Waals surface area (Å²) in [4.78, 5) is 16.2. The molecule has 2 aromatic rings. The van der Waals surface area contributed by atoms with Crippen LogP contribution in [0.25, 0.3) is 11.4 Å². The van der Waals surface area contributed by atoms with E-state index in [0.717, 1.165) is 11.4 Å². The number of aromatic amines is 1. The molecule has 0 saturated heterocycles. The van der Waals surface area contributed by atoms with Crippen molar-refractivity contribution in [1.29, 1.82) is 0 Å². The number of carbonyl (C=O) groups is 1. The molecule has 1 aromatic heterocycles. The standard InChI is InChI=1S/C14H18N4O2/c1-9(19)6-7-15-14(20)12-5-3-4-11(8-12)13-16-10(2)17-18-13/h3-5,8-9,19H,6-7H2,1-2H3,(H,15,20)(H,16,17,18). The van der Waals surface area contributed by atoms with Crippen molar-refractivity contribution in [1.82, 2.24) is 20.5 Å². The Hall–Kier alpha value is -2.21. The summed E-state index contributed by atoms with van der Waals surface area (Å²) >= 11 is 0. The molecule has 106 valence electrons. The fourth-order valence-electron chi connectivity index (χ4n) is 1.77. The number of aliphatic hydroxyl groups is 1. The number of H-pyrrole nitrogens is 1. The topological polar surface area (TPSA) is 90.9 Å². The van der Waals surface area contributed by atoms with Crippen LogP contribution in [0.4, 0.5) is 0 Å². The van der Waals surface area contributed by atoms with E-state index in [1.165, 1.54) is 0 Å². The van der Waals surface area contributed by atoms with E-state index in [1.807, 2.05) is 13.0 Å². The van der Waals surface area contributed by atoms with Gasteiger partial charge in [-0.2, -0.15) is 5.10 Å². The molecular weight excluding hydrogens is 256 g/mol. The Morgan fingerprint density at radius 2 is 2.30 bits per heavy atom. The van der Waals surface area contributed by atoms with E-state index < -0.39 is 6.10 Å². The van der Waals surface area contributed by atoms with Crippen LogP contribution in [0, 0.1) is 6.92 Å². The highest BCUT2D eigenvalue weighted by atomic mass is 16.3. The second-order valence-electron chi connectivity index (χ2n) is 4.72. The van der Waals surface area contributed by atoms with Crippen LogP contribution in [-0.2, 0) is 0 Å². The van der Waals surface area contributed by atoms with Crippen LogP contribution >= 0.6 is 0 Å². The number of benzene rings is 1. The summed E-state index contributed by atoms with van der Waals surface area (Å²) in [5.41, 5.74) is 1.34. The van der Waals surface area contributed by atoms with Gasteiger partial charge in [-0.1, -0.05) is 12.1 Å². The van der Waals surface area contributed by atoms with Crippen molar-refractivity contribution in [3.8, 4) is 11.4 Å². The first-order chi connectivity index (χ1) is 9.56. The maximum Gasteiger partial charge on any atom is 0.251 e. The highest BCUT2D eigenvalue weighted by Crippen LogP contribution is 2.16. The van der Waals surface area contributed by atoms with Crippen molar-refractivity contribution in [2.75, 3.05) is 6.54 Å². The molecule has 6 nitrogen and oxygen atoms in total. The van der Waals surface area contributed by atoms with Crippen LogP contribution in [0.15, 0.2) is 24.3 Å². The summed E-state index contributed by atoms with van der Waals surface area (Å²) in [5, 5.41) is 18.8. The third-order valence-corrected chi connectivity index (χ3v) is 2.83. The molecule has 3 N–H and O–H groups in total. The highest BCUT2D eigenvalue weighted by molar-refractivity contribution is 5.95. The third kappa shape index (κ3) is 3.64. The number of aryl methyl sites for hydroxylation is 1. The smallest absolute Gasteiger partial charge is 0.251 e. The van der Waals surface area contributed by atoms with E-state index in [1.54, 1.807) is 25.1 Å². The summed E-state index contributed by atoms with van der Waals surface area (Å²) < 4.78 is 0. The van der Waals surface area contributed by atoms with E-state index >= 15 is 0 Å². The lowest BCUT2D eigenvalue weighted by molar-refractivity contribution is 0.0945. The van der Waals surface area contributed by atoms with Crippen molar-refractivity contribution in [3.63, 3.8) is 0 Å². The quantitative estimate of drug-likeness (QED) is 0.766. The maximum absolute atomic E-state index is 12.0. The molecule has 1 unspecified atom stereocenters. The third-order valence-electron chi connectivity index (χ3n) is 2.83. The normalized spacial score (nSPS) is 12.2. The van der Waals surface area contributed by atoms with Crippen molar-refractivity contribution in [2.45, 2.75) is 26.4 Å². The molecule has 0 radical (unpaired) electrons. The van der Waals surface area contributed by atoms with Crippen LogP contribution in [0.2, 0.25) is 0 Å². The summed E-state index contributed by atoms with van der Waals surface area (Å²) in [6.45, 7) is 3.96. The molecule has 0 saturated carbocycles. The van der Waals surface area contributed by atoms with E-state index in [-0.39, 0.29) is 5.91 Å². The molecule has 0 fully saturated rings. The molecule has 1 aromatic carbocycles. The predicted molar refractivity (Wildman–Crippen MR) is 75.2 cm³/mol. The maximum atomic E-state index is 12.0. The minimum atomic E-state index is -0.419. The Morgan fingerprint density at radius 3 is 2.95 bits per heavy atom. The SMILES string of the molecule is Cc1nc(-c2cccc(C(=O)NCCC(C)O)c2)n[nH]1. The lowest BCUT2D eigenvalue weighted by Gasteiger charge is -2.07. The number of aromatic nitrogens is 3. The van der Waals surface area contributed by atoms with Crippen LogP contribution < -0.4 is 5.32 Å². The average Bonchev–Trinajstić information content (AvgIpc) is 2.85. The number of nitrogens with zero attached hydrogens (tertiary/aromatic N) is 2. The van der Waals surface area contributed by atoms with E-state index in [2.05, 4.69) is 20.5 Å². The van der Waals surface area contributed by atoms with Crippen LogP contribution in [-0.4, -0.2) is 38.8 Å². The predicted octanol–water partition coefficient (Wildman–Crippen LogP) is 1.28. The number of aliphatic hydroxyl groups excluding tert-OH is 1. The fraction of sp³-hybridized carbons (Fsp3) is 0.357. The monoisotopic (exact) mass is 274 g/mol. The van der Waals surface area contributed by atoms with Gasteiger partial charge in [-0.05, 0) is 32.4 Å². The minimum Gasteiger partial charge on any atom is -0.393 e. The molecule has 1 atom stereocenters. The van der Waals surface area contributed by atoms with Gasteiger partial charge in [-0.15, -0.1) is 0 Å².